The summed E-state index contributed by atoms with van der Waals surface area (Å²) < 4.78 is 34.2. The van der Waals surface area contributed by atoms with E-state index in [-0.39, 0.29) is 17.4 Å². The molecule has 0 unspecified atom stereocenters. The van der Waals surface area contributed by atoms with Gasteiger partial charge in [0.1, 0.15) is 17.9 Å². The maximum atomic E-state index is 13.6. The number of ether oxygens (including phenoxy) is 1. The highest BCUT2D eigenvalue weighted by molar-refractivity contribution is 7.89. The van der Waals surface area contributed by atoms with Gasteiger partial charge in [0.25, 0.3) is 0 Å². The van der Waals surface area contributed by atoms with Crippen LogP contribution in [0.4, 0.5) is 4.79 Å². The van der Waals surface area contributed by atoms with Crippen LogP contribution in [0.25, 0.3) is 11.0 Å². The number of unbranched alkanes of at least 4 members (excludes halogenated alkanes) is 15. The highest BCUT2D eigenvalue weighted by Gasteiger charge is 2.29. The number of hydrogen-bond acceptors (Lipinski definition) is 6. The number of nitrogens with one attached hydrogen (secondary N) is 2. The van der Waals surface area contributed by atoms with Crippen molar-refractivity contribution in [2.45, 2.75) is 154 Å². The molecule has 1 atom stereocenters. The summed E-state index contributed by atoms with van der Waals surface area (Å²) in [5.74, 6) is 1.05. The van der Waals surface area contributed by atoms with Gasteiger partial charge in [-0.3, -0.25) is 4.98 Å². The molecule has 0 saturated carbocycles. The van der Waals surface area contributed by atoms with Crippen molar-refractivity contribution >= 4 is 27.1 Å². The number of nitrogens with zero attached hydrogens (tertiary/aromatic N) is 3. The summed E-state index contributed by atoms with van der Waals surface area (Å²) in [7, 11) is -2.24. The number of rotatable bonds is 26. The monoisotopic (exact) mass is 711 g/mol. The molecule has 0 aliphatic carbocycles. The lowest BCUT2D eigenvalue weighted by Crippen LogP contribution is -2.42. The standard InChI is InChI=1S/C40H65N5O4S/c1-6-7-8-9-10-11-12-13-14-15-16-17-18-19-20-21-27-42-40(46)49-31-35(29-32(2)3)45(5)50(47,48)36-24-22-34(23-25-36)30-38-39-37(26-28-41-38)43-33(4)44-39/h22-26,28,32,35H,6-21,27,29-31H2,1-5H3,(H,42,46)(H,43,44)/t35-/m0/s1. The van der Waals surface area contributed by atoms with Gasteiger partial charge in [0.2, 0.25) is 10.0 Å². The highest BCUT2D eigenvalue weighted by atomic mass is 32.2. The molecule has 280 valence electrons. The Bertz CT molecular complexity index is 1490. The summed E-state index contributed by atoms with van der Waals surface area (Å²) in [4.78, 5) is 25.0. The van der Waals surface area contributed by atoms with Crippen molar-refractivity contribution in [2.75, 3.05) is 20.2 Å². The topological polar surface area (TPSA) is 117 Å². The normalized spacial score (nSPS) is 12.6. The third-order valence-electron chi connectivity index (χ3n) is 9.53. The number of benzene rings is 1. The molecular formula is C40H65N5O4S. The van der Waals surface area contributed by atoms with E-state index in [0.29, 0.717) is 19.4 Å². The number of amides is 1. The van der Waals surface area contributed by atoms with Gasteiger partial charge in [0.05, 0.1) is 22.1 Å². The smallest absolute Gasteiger partial charge is 0.407 e. The molecular weight excluding hydrogens is 647 g/mol. The van der Waals surface area contributed by atoms with Crippen LogP contribution in [0.2, 0.25) is 0 Å². The van der Waals surface area contributed by atoms with Crippen molar-refractivity contribution in [3.63, 3.8) is 0 Å². The first-order valence-electron chi connectivity index (χ1n) is 19.4. The van der Waals surface area contributed by atoms with E-state index in [1.807, 2.05) is 39.0 Å². The van der Waals surface area contributed by atoms with Gasteiger partial charge in [-0.2, -0.15) is 4.31 Å². The fourth-order valence-corrected chi connectivity index (χ4v) is 7.88. The van der Waals surface area contributed by atoms with E-state index >= 15 is 0 Å². The molecule has 2 N–H and O–H groups in total. The molecule has 3 aromatic rings. The molecule has 0 aliphatic heterocycles. The number of sulfonamides is 1. The van der Waals surface area contributed by atoms with Crippen LogP contribution in [0.15, 0.2) is 41.4 Å². The maximum Gasteiger partial charge on any atom is 0.407 e. The minimum Gasteiger partial charge on any atom is -0.448 e. The van der Waals surface area contributed by atoms with Gasteiger partial charge in [0.15, 0.2) is 0 Å². The molecule has 0 fully saturated rings. The molecule has 1 aromatic carbocycles. The molecule has 0 radical (unpaired) electrons. The van der Waals surface area contributed by atoms with Crippen LogP contribution in [0.5, 0.6) is 0 Å². The summed E-state index contributed by atoms with van der Waals surface area (Å²) in [6, 6.07) is 8.32. The van der Waals surface area contributed by atoms with Crippen molar-refractivity contribution in [3.05, 3.63) is 53.6 Å². The Labute approximate surface area is 302 Å². The number of likely N-dealkylation sites (N-methyl/N-ethyl adjacent to an activating group) is 1. The predicted molar refractivity (Wildman–Crippen MR) is 205 cm³/mol. The Kier molecular flexibility index (Phi) is 18.9. The second-order valence-corrected chi connectivity index (χ2v) is 16.4. The van der Waals surface area contributed by atoms with Crippen molar-refractivity contribution in [3.8, 4) is 0 Å². The largest absolute Gasteiger partial charge is 0.448 e. The van der Waals surface area contributed by atoms with Gasteiger partial charge in [-0.25, -0.2) is 18.2 Å². The number of aromatic nitrogens is 3. The van der Waals surface area contributed by atoms with Crippen molar-refractivity contribution in [2.24, 2.45) is 5.92 Å². The minimum atomic E-state index is -3.81. The van der Waals surface area contributed by atoms with Gasteiger partial charge in [-0.15, -0.1) is 0 Å². The number of imidazole rings is 1. The molecule has 1 amide bonds. The summed E-state index contributed by atoms with van der Waals surface area (Å²) >= 11 is 0. The second kappa shape index (κ2) is 22.8. The van der Waals surface area contributed by atoms with E-state index in [0.717, 1.165) is 41.0 Å². The van der Waals surface area contributed by atoms with E-state index in [2.05, 4.69) is 27.2 Å². The van der Waals surface area contributed by atoms with Crippen molar-refractivity contribution in [1.82, 2.24) is 24.6 Å². The van der Waals surface area contributed by atoms with Gasteiger partial charge >= 0.3 is 6.09 Å². The van der Waals surface area contributed by atoms with Crippen LogP contribution in [-0.4, -0.2) is 60.0 Å². The van der Waals surface area contributed by atoms with Crippen molar-refractivity contribution < 1.29 is 17.9 Å². The van der Waals surface area contributed by atoms with Crippen LogP contribution in [0.1, 0.15) is 147 Å². The van der Waals surface area contributed by atoms with Crippen LogP contribution >= 0.6 is 0 Å². The molecule has 9 nitrogen and oxygen atoms in total. The lowest BCUT2D eigenvalue weighted by atomic mass is 10.0. The van der Waals surface area contributed by atoms with Crippen LogP contribution < -0.4 is 5.32 Å². The average Bonchev–Trinajstić information content (AvgIpc) is 3.49. The Hall–Kier alpha value is -2.98. The van der Waals surface area contributed by atoms with Crippen LogP contribution in [-0.2, 0) is 21.2 Å². The van der Waals surface area contributed by atoms with E-state index < -0.39 is 22.2 Å². The maximum absolute atomic E-state index is 13.6. The third-order valence-corrected chi connectivity index (χ3v) is 11.5. The number of H-pyrrole nitrogens is 1. The van der Waals surface area contributed by atoms with E-state index in [4.69, 9.17) is 4.74 Å². The number of alkyl carbamates (subject to hydrolysis) is 1. The number of carbonyl (C=O) groups excluding carboxylic acids is 1. The average molecular weight is 712 g/mol. The van der Waals surface area contributed by atoms with Gasteiger partial charge in [0, 0.05) is 26.2 Å². The molecule has 2 aromatic heterocycles. The van der Waals surface area contributed by atoms with Gasteiger partial charge in [-0.05, 0) is 49.4 Å². The Morgan fingerprint density at radius 1 is 0.860 bits per heavy atom. The lowest BCUT2D eigenvalue weighted by Gasteiger charge is -2.28. The fraction of sp³-hybridized carbons (Fsp3) is 0.675. The van der Waals surface area contributed by atoms with E-state index in [9.17, 15) is 13.2 Å². The molecule has 0 spiro atoms. The Balaban J connectivity index is 1.33. The minimum absolute atomic E-state index is 0.00442. The lowest BCUT2D eigenvalue weighted by molar-refractivity contribution is 0.115. The molecule has 50 heavy (non-hydrogen) atoms. The number of carbonyl (C=O) groups is 1. The fourth-order valence-electron chi connectivity index (χ4n) is 6.53. The predicted octanol–water partition coefficient (Wildman–Crippen LogP) is 9.88. The zero-order valence-electron chi connectivity index (χ0n) is 31.6. The number of aryl methyl sites for hydroxylation is 1. The number of aromatic amines is 1. The zero-order chi connectivity index (χ0) is 36.2. The van der Waals surface area contributed by atoms with Crippen LogP contribution in [0, 0.1) is 12.8 Å². The molecule has 0 saturated heterocycles. The van der Waals surface area contributed by atoms with Crippen molar-refractivity contribution in [1.29, 1.82) is 0 Å². The van der Waals surface area contributed by atoms with Gasteiger partial charge < -0.3 is 15.0 Å². The third kappa shape index (κ3) is 14.7. The molecule has 3 rings (SSSR count). The molecule has 2 heterocycles. The van der Waals surface area contributed by atoms with Crippen LogP contribution in [0.3, 0.4) is 0 Å². The number of pyridine rings is 1. The number of fused-ring (bicyclic) bond motifs is 1. The quantitative estimate of drug-likeness (QED) is 0.0801. The first-order valence-corrected chi connectivity index (χ1v) is 20.8. The summed E-state index contributed by atoms with van der Waals surface area (Å²) in [6.07, 6.45) is 23.3. The zero-order valence-corrected chi connectivity index (χ0v) is 32.5. The molecule has 0 aliphatic rings. The Morgan fingerprint density at radius 2 is 1.42 bits per heavy atom. The highest BCUT2D eigenvalue weighted by Crippen LogP contribution is 2.23. The summed E-state index contributed by atoms with van der Waals surface area (Å²) in [5, 5.41) is 2.85. The first kappa shape index (κ1) is 41.4. The summed E-state index contributed by atoms with van der Waals surface area (Å²) in [6.45, 7) is 8.82. The summed E-state index contributed by atoms with van der Waals surface area (Å²) in [5.41, 5.74) is 3.53. The molecule has 10 heteroatoms. The van der Waals surface area contributed by atoms with E-state index in [1.54, 1.807) is 25.4 Å². The van der Waals surface area contributed by atoms with E-state index in [1.165, 1.54) is 94.2 Å². The number of hydrogen-bond donors (Lipinski definition) is 2. The molecule has 0 bridgehead atoms. The first-order chi connectivity index (χ1) is 24.1. The van der Waals surface area contributed by atoms with Gasteiger partial charge in [-0.1, -0.05) is 129 Å². The Morgan fingerprint density at radius 3 is 1.98 bits per heavy atom. The second-order valence-electron chi connectivity index (χ2n) is 14.4. The SMILES string of the molecule is CCCCCCCCCCCCCCCCCCNC(=O)OC[C@H](CC(C)C)N(C)S(=O)(=O)c1ccc(Cc2nccc3[nH]c(C)nc23)cc1.